The maximum absolute atomic E-state index is 3.12. The Bertz CT molecular complexity index is 229. The summed E-state index contributed by atoms with van der Waals surface area (Å²) in [4.78, 5) is 0. The summed E-state index contributed by atoms with van der Waals surface area (Å²) in [7, 11) is 0. The maximum Gasteiger partial charge on any atom is 2.00 e. The predicted molar refractivity (Wildman–Crippen MR) is 52.4 cm³/mol. The topological polar surface area (TPSA) is 0 Å². The van der Waals surface area contributed by atoms with Crippen LogP contribution in [0.4, 0.5) is 0 Å². The normalized spacial score (nSPS) is 14.8. The van der Waals surface area contributed by atoms with Crippen molar-refractivity contribution in [2.24, 2.45) is 0 Å². The van der Waals surface area contributed by atoms with Crippen molar-refractivity contribution in [3.8, 4) is 0 Å². The first-order valence-corrected chi connectivity index (χ1v) is 4.27. The minimum Gasteiger partial charge on any atom is -1.00 e. The number of halogens is 2. The molecule has 0 aromatic rings. The molecule has 2 rings (SSSR count). The van der Waals surface area contributed by atoms with Crippen LogP contribution in [0.5, 0.6) is 0 Å². The average Bonchev–Trinajstić information content (AvgIpc) is 2.63. The third kappa shape index (κ3) is 10.6. The van der Waals surface area contributed by atoms with Crippen LogP contribution in [-0.2, 0) is 22.4 Å². The SMILES string of the molecule is CC1=[C-]CC=C1.CC1=[C-]CC=C1.[Cl-].[Cl-].[Nb+2]. The van der Waals surface area contributed by atoms with E-state index in [9.17, 15) is 0 Å². The molecule has 0 saturated carbocycles. The molecule has 0 atom stereocenters. The molecule has 0 fully saturated rings. The van der Waals surface area contributed by atoms with Gasteiger partial charge in [0.2, 0.25) is 0 Å². The van der Waals surface area contributed by atoms with E-state index >= 15 is 0 Å². The van der Waals surface area contributed by atoms with Gasteiger partial charge in [-0.2, -0.15) is 12.2 Å². The molecule has 0 heterocycles. The summed E-state index contributed by atoms with van der Waals surface area (Å²) in [6, 6.07) is 0. The van der Waals surface area contributed by atoms with Gasteiger partial charge in [-0.15, -0.1) is 12.8 Å². The first kappa shape index (κ1) is 20.7. The Morgan fingerprint density at radius 3 is 1.27 bits per heavy atom. The van der Waals surface area contributed by atoms with Crippen LogP contribution in [0.1, 0.15) is 26.7 Å². The average molecular weight is 322 g/mol. The second kappa shape index (κ2) is 12.4. The van der Waals surface area contributed by atoms with Crippen LogP contribution in [0.15, 0.2) is 35.5 Å². The van der Waals surface area contributed by atoms with Gasteiger partial charge in [0.05, 0.1) is 0 Å². The molecule has 0 N–H and O–H groups in total. The van der Waals surface area contributed by atoms with Gasteiger partial charge in [0.25, 0.3) is 0 Å². The molecule has 15 heavy (non-hydrogen) atoms. The van der Waals surface area contributed by atoms with Gasteiger partial charge < -0.3 is 24.8 Å². The zero-order valence-corrected chi connectivity index (χ0v) is 12.6. The fraction of sp³-hybridized carbons (Fsp3) is 0.333. The monoisotopic (exact) mass is 321 g/mol. The second-order valence-corrected chi connectivity index (χ2v) is 2.93. The molecular formula is C12H14Cl2Nb-2. The van der Waals surface area contributed by atoms with Crippen molar-refractivity contribution in [1.82, 2.24) is 0 Å². The van der Waals surface area contributed by atoms with Crippen LogP contribution in [0, 0.1) is 12.2 Å². The fourth-order valence-electron chi connectivity index (χ4n) is 1.03. The zero-order chi connectivity index (χ0) is 8.81. The molecule has 0 spiro atoms. The van der Waals surface area contributed by atoms with Crippen LogP contribution < -0.4 is 24.8 Å². The van der Waals surface area contributed by atoms with E-state index < -0.39 is 0 Å². The third-order valence-corrected chi connectivity index (χ3v) is 1.73. The largest absolute Gasteiger partial charge is 2.00 e. The van der Waals surface area contributed by atoms with Crippen LogP contribution in [-0.4, -0.2) is 0 Å². The van der Waals surface area contributed by atoms with E-state index in [1.54, 1.807) is 0 Å². The molecular weight excluding hydrogens is 308 g/mol. The van der Waals surface area contributed by atoms with Crippen molar-refractivity contribution < 1.29 is 47.2 Å². The molecule has 2 aliphatic carbocycles. The van der Waals surface area contributed by atoms with Gasteiger partial charge in [0, 0.05) is 0 Å². The van der Waals surface area contributed by atoms with E-state index in [0.29, 0.717) is 0 Å². The van der Waals surface area contributed by atoms with Crippen LogP contribution in [0.25, 0.3) is 0 Å². The minimum atomic E-state index is 0. The van der Waals surface area contributed by atoms with Crippen molar-refractivity contribution in [3.63, 3.8) is 0 Å². The Labute approximate surface area is 121 Å². The summed E-state index contributed by atoms with van der Waals surface area (Å²) in [6.45, 7) is 4.12. The van der Waals surface area contributed by atoms with Crippen LogP contribution >= 0.6 is 0 Å². The second-order valence-electron chi connectivity index (χ2n) is 2.93. The first-order chi connectivity index (χ1) is 5.79. The Balaban J connectivity index is -0.000000160. The van der Waals surface area contributed by atoms with Gasteiger partial charge in [-0.1, -0.05) is 13.8 Å². The summed E-state index contributed by atoms with van der Waals surface area (Å²) in [6.07, 6.45) is 16.7. The van der Waals surface area contributed by atoms with Gasteiger partial charge in [-0.05, 0) is 0 Å². The number of hydrogen-bond donors (Lipinski definition) is 0. The van der Waals surface area contributed by atoms with Gasteiger partial charge in [-0.25, -0.2) is 23.3 Å². The quantitative estimate of drug-likeness (QED) is 0.339. The Hall–Kier alpha value is 0.280. The van der Waals surface area contributed by atoms with E-state index in [1.165, 1.54) is 11.1 Å². The molecule has 0 bridgehead atoms. The molecule has 0 amide bonds. The van der Waals surface area contributed by atoms with Gasteiger partial charge in [0.15, 0.2) is 0 Å². The van der Waals surface area contributed by atoms with Crippen molar-refractivity contribution in [3.05, 3.63) is 47.6 Å². The summed E-state index contributed by atoms with van der Waals surface area (Å²) in [5.41, 5.74) is 2.55. The third-order valence-electron chi connectivity index (χ3n) is 1.73. The molecule has 0 aromatic carbocycles. The molecule has 3 heteroatoms. The van der Waals surface area contributed by atoms with Crippen molar-refractivity contribution in [2.45, 2.75) is 26.7 Å². The molecule has 0 nitrogen and oxygen atoms in total. The van der Waals surface area contributed by atoms with Crippen LogP contribution in [0.2, 0.25) is 0 Å². The van der Waals surface area contributed by atoms with E-state index in [4.69, 9.17) is 0 Å². The van der Waals surface area contributed by atoms with E-state index in [1.807, 2.05) is 0 Å². The van der Waals surface area contributed by atoms with Crippen molar-refractivity contribution in [2.75, 3.05) is 0 Å². The molecule has 0 aromatic heterocycles. The van der Waals surface area contributed by atoms with E-state index in [0.717, 1.165) is 12.8 Å². The van der Waals surface area contributed by atoms with Gasteiger partial charge >= 0.3 is 22.4 Å². The zero-order valence-electron chi connectivity index (χ0n) is 8.93. The van der Waals surface area contributed by atoms with Crippen LogP contribution in [0.3, 0.4) is 0 Å². The first-order valence-electron chi connectivity index (χ1n) is 4.27. The Morgan fingerprint density at radius 1 is 0.867 bits per heavy atom. The van der Waals surface area contributed by atoms with Gasteiger partial charge in [-0.3, -0.25) is 12.2 Å². The molecule has 1 radical (unpaired) electrons. The summed E-state index contributed by atoms with van der Waals surface area (Å²) < 4.78 is 0. The maximum atomic E-state index is 3.12. The van der Waals surface area contributed by atoms with E-state index in [2.05, 4.69) is 50.3 Å². The minimum absolute atomic E-state index is 0. The number of allylic oxidation sites excluding steroid dienone is 8. The molecule has 0 unspecified atom stereocenters. The molecule has 0 saturated heterocycles. The molecule has 2 aliphatic rings. The smallest absolute Gasteiger partial charge is 1.00 e. The van der Waals surface area contributed by atoms with Crippen molar-refractivity contribution in [1.29, 1.82) is 0 Å². The number of hydrogen-bond acceptors (Lipinski definition) is 0. The Morgan fingerprint density at radius 2 is 1.20 bits per heavy atom. The number of rotatable bonds is 0. The molecule has 83 valence electrons. The predicted octanol–water partition coefficient (Wildman–Crippen LogP) is -2.60. The molecule has 0 aliphatic heterocycles. The Kier molecular flexibility index (Phi) is 17.0. The van der Waals surface area contributed by atoms with Gasteiger partial charge in [0.1, 0.15) is 0 Å². The standard InChI is InChI=1S/2C6H7.2ClH.Nb/c2*1-6-4-2-3-5-6;;;/h2*2,4H,3H2,1H3;2*1H;/q2*-1;;;+2/p-2. The fourth-order valence-corrected chi connectivity index (χ4v) is 1.03. The van der Waals surface area contributed by atoms with Crippen molar-refractivity contribution >= 4 is 0 Å². The summed E-state index contributed by atoms with van der Waals surface area (Å²) in [5.74, 6) is 0. The summed E-state index contributed by atoms with van der Waals surface area (Å²) in [5, 5.41) is 0. The summed E-state index contributed by atoms with van der Waals surface area (Å²) >= 11 is 0. The van der Waals surface area contributed by atoms with E-state index in [-0.39, 0.29) is 47.2 Å².